The molecule has 17 heavy (non-hydrogen) atoms. The molecule has 3 rings (SSSR count). The molecule has 1 aromatic rings. The first-order chi connectivity index (χ1) is 8.34. The molecule has 0 saturated carbocycles. The Kier molecular flexibility index (Phi) is 2.94. The van der Waals surface area contributed by atoms with Crippen LogP contribution >= 0.6 is 0 Å². The standard InChI is InChI=1S/C12H18N4O/c17-12-14-8-9-2-1-3-10(11(9)15-12)16-6-4-13-5-7-16/h8,10,13H,1-7H2,(H,14,15,17). The fourth-order valence-corrected chi connectivity index (χ4v) is 2.92. The average Bonchev–Trinajstić information content (AvgIpc) is 2.39. The van der Waals surface area contributed by atoms with Gasteiger partial charge in [-0.15, -0.1) is 0 Å². The van der Waals surface area contributed by atoms with Gasteiger partial charge < -0.3 is 10.3 Å². The molecule has 92 valence electrons. The second-order valence-electron chi connectivity index (χ2n) is 4.82. The van der Waals surface area contributed by atoms with Crippen LogP contribution in [0.15, 0.2) is 11.0 Å². The summed E-state index contributed by atoms with van der Waals surface area (Å²) in [6, 6.07) is 0.386. The maximum Gasteiger partial charge on any atom is 0.345 e. The van der Waals surface area contributed by atoms with E-state index in [2.05, 4.69) is 20.2 Å². The van der Waals surface area contributed by atoms with Gasteiger partial charge in [0.2, 0.25) is 0 Å². The van der Waals surface area contributed by atoms with Crippen molar-refractivity contribution in [1.29, 1.82) is 0 Å². The zero-order chi connectivity index (χ0) is 11.7. The van der Waals surface area contributed by atoms with Crippen molar-refractivity contribution in [3.63, 3.8) is 0 Å². The van der Waals surface area contributed by atoms with E-state index >= 15 is 0 Å². The number of hydrogen-bond donors (Lipinski definition) is 2. The number of rotatable bonds is 1. The minimum atomic E-state index is -0.217. The molecule has 1 aliphatic heterocycles. The first-order valence-electron chi connectivity index (χ1n) is 6.37. The lowest BCUT2D eigenvalue weighted by atomic mass is 9.91. The number of aromatic nitrogens is 2. The summed E-state index contributed by atoms with van der Waals surface area (Å²) >= 11 is 0. The van der Waals surface area contributed by atoms with Crippen LogP contribution in [0.25, 0.3) is 0 Å². The topological polar surface area (TPSA) is 61.0 Å². The normalized spacial score (nSPS) is 25.5. The predicted molar refractivity (Wildman–Crippen MR) is 65.0 cm³/mol. The van der Waals surface area contributed by atoms with Crippen LogP contribution in [0.1, 0.15) is 30.1 Å². The molecule has 0 radical (unpaired) electrons. The first kappa shape index (κ1) is 10.9. The molecule has 2 aliphatic rings. The Hall–Kier alpha value is -1.20. The van der Waals surface area contributed by atoms with Crippen molar-refractivity contribution in [3.8, 4) is 0 Å². The molecule has 2 N–H and O–H groups in total. The van der Waals surface area contributed by atoms with Gasteiger partial charge in [-0.1, -0.05) is 0 Å². The van der Waals surface area contributed by atoms with Crippen molar-refractivity contribution in [2.75, 3.05) is 26.2 Å². The highest BCUT2D eigenvalue weighted by molar-refractivity contribution is 5.22. The Balaban J connectivity index is 1.92. The monoisotopic (exact) mass is 234 g/mol. The molecule has 0 bridgehead atoms. The maximum absolute atomic E-state index is 11.4. The third-order valence-corrected chi connectivity index (χ3v) is 3.77. The van der Waals surface area contributed by atoms with Gasteiger partial charge in [0, 0.05) is 38.1 Å². The van der Waals surface area contributed by atoms with Crippen molar-refractivity contribution < 1.29 is 0 Å². The molecule has 5 heteroatoms. The van der Waals surface area contributed by atoms with E-state index in [1.165, 1.54) is 12.0 Å². The summed E-state index contributed by atoms with van der Waals surface area (Å²) in [6.07, 6.45) is 5.13. The van der Waals surface area contributed by atoms with Crippen LogP contribution in [0.3, 0.4) is 0 Å². The molecule has 5 nitrogen and oxygen atoms in total. The zero-order valence-corrected chi connectivity index (χ0v) is 9.91. The molecule has 1 aliphatic carbocycles. The second-order valence-corrected chi connectivity index (χ2v) is 4.82. The summed E-state index contributed by atoms with van der Waals surface area (Å²) in [5, 5.41) is 3.36. The predicted octanol–water partition coefficient (Wildman–Crippen LogP) is 0.0525. The molecule has 1 saturated heterocycles. The molecule has 1 unspecified atom stereocenters. The van der Waals surface area contributed by atoms with Gasteiger partial charge in [0.25, 0.3) is 0 Å². The van der Waals surface area contributed by atoms with Crippen molar-refractivity contribution >= 4 is 0 Å². The van der Waals surface area contributed by atoms with Gasteiger partial charge in [0.05, 0.1) is 6.04 Å². The number of fused-ring (bicyclic) bond motifs is 1. The largest absolute Gasteiger partial charge is 0.345 e. The average molecular weight is 234 g/mol. The summed E-state index contributed by atoms with van der Waals surface area (Å²) in [7, 11) is 0. The molecular weight excluding hydrogens is 216 g/mol. The fraction of sp³-hybridized carbons (Fsp3) is 0.667. The Morgan fingerprint density at radius 1 is 1.35 bits per heavy atom. The van der Waals surface area contributed by atoms with Crippen LogP contribution in [0.4, 0.5) is 0 Å². The molecule has 0 spiro atoms. The van der Waals surface area contributed by atoms with E-state index in [-0.39, 0.29) is 5.69 Å². The van der Waals surface area contributed by atoms with Crippen LogP contribution in [0, 0.1) is 0 Å². The minimum Gasteiger partial charge on any atom is -0.314 e. The van der Waals surface area contributed by atoms with Crippen molar-refractivity contribution in [1.82, 2.24) is 20.2 Å². The van der Waals surface area contributed by atoms with Crippen LogP contribution < -0.4 is 11.0 Å². The van der Waals surface area contributed by atoms with E-state index in [1.807, 2.05) is 0 Å². The van der Waals surface area contributed by atoms with E-state index in [0.717, 1.165) is 44.7 Å². The lowest BCUT2D eigenvalue weighted by Crippen LogP contribution is -2.46. The highest BCUT2D eigenvalue weighted by Crippen LogP contribution is 2.31. The maximum atomic E-state index is 11.4. The second kappa shape index (κ2) is 4.58. The smallest absolute Gasteiger partial charge is 0.314 e. The molecule has 1 fully saturated rings. The van der Waals surface area contributed by atoms with Gasteiger partial charge in [0.1, 0.15) is 0 Å². The lowest BCUT2D eigenvalue weighted by molar-refractivity contribution is 0.154. The number of piperazine rings is 1. The van der Waals surface area contributed by atoms with E-state index in [9.17, 15) is 4.79 Å². The van der Waals surface area contributed by atoms with Crippen LogP contribution in [-0.2, 0) is 6.42 Å². The first-order valence-corrected chi connectivity index (χ1v) is 6.37. The lowest BCUT2D eigenvalue weighted by Gasteiger charge is -2.37. The van der Waals surface area contributed by atoms with Gasteiger partial charge in [-0.25, -0.2) is 9.78 Å². The zero-order valence-electron chi connectivity index (χ0n) is 9.91. The molecule has 1 atom stereocenters. The molecular formula is C12H18N4O. The highest BCUT2D eigenvalue weighted by atomic mass is 16.1. The SMILES string of the molecule is O=c1ncc2c([nH]1)C(N1CCNCC1)CCC2. The Labute approximate surface area is 100 Å². The molecule has 0 amide bonds. The third-order valence-electron chi connectivity index (χ3n) is 3.77. The van der Waals surface area contributed by atoms with Gasteiger partial charge in [-0.2, -0.15) is 0 Å². The molecule has 0 aromatic carbocycles. The quantitative estimate of drug-likeness (QED) is 0.721. The van der Waals surface area contributed by atoms with Crippen molar-refractivity contribution in [3.05, 3.63) is 27.9 Å². The van der Waals surface area contributed by atoms with Crippen LogP contribution in [-0.4, -0.2) is 41.0 Å². The van der Waals surface area contributed by atoms with Crippen molar-refractivity contribution in [2.45, 2.75) is 25.3 Å². The Morgan fingerprint density at radius 3 is 3.00 bits per heavy atom. The number of nitrogens with zero attached hydrogens (tertiary/aromatic N) is 2. The van der Waals surface area contributed by atoms with Gasteiger partial charge in [0.15, 0.2) is 0 Å². The molecule has 2 heterocycles. The number of H-pyrrole nitrogens is 1. The number of nitrogens with one attached hydrogen (secondary N) is 2. The van der Waals surface area contributed by atoms with E-state index in [0.29, 0.717) is 6.04 Å². The summed E-state index contributed by atoms with van der Waals surface area (Å²) in [5.41, 5.74) is 2.11. The van der Waals surface area contributed by atoms with Crippen LogP contribution in [0.5, 0.6) is 0 Å². The Bertz CT molecular complexity index is 450. The summed E-state index contributed by atoms with van der Waals surface area (Å²) < 4.78 is 0. The number of aryl methyl sites for hydroxylation is 1. The van der Waals surface area contributed by atoms with E-state index < -0.39 is 0 Å². The number of hydrogen-bond acceptors (Lipinski definition) is 4. The summed E-state index contributed by atoms with van der Waals surface area (Å²) in [6.45, 7) is 4.21. The third kappa shape index (κ3) is 2.12. The van der Waals surface area contributed by atoms with E-state index in [1.54, 1.807) is 6.20 Å². The minimum absolute atomic E-state index is 0.217. The number of aromatic amines is 1. The van der Waals surface area contributed by atoms with Gasteiger partial charge in [-0.3, -0.25) is 4.90 Å². The highest BCUT2D eigenvalue weighted by Gasteiger charge is 2.27. The molecule has 1 aromatic heterocycles. The van der Waals surface area contributed by atoms with E-state index in [4.69, 9.17) is 0 Å². The Morgan fingerprint density at radius 2 is 2.18 bits per heavy atom. The van der Waals surface area contributed by atoms with Gasteiger partial charge >= 0.3 is 5.69 Å². The van der Waals surface area contributed by atoms with Crippen molar-refractivity contribution in [2.24, 2.45) is 0 Å². The summed E-state index contributed by atoms with van der Waals surface area (Å²) in [4.78, 5) is 20.6. The fourth-order valence-electron chi connectivity index (χ4n) is 2.92. The van der Waals surface area contributed by atoms with Gasteiger partial charge in [-0.05, 0) is 24.8 Å². The van der Waals surface area contributed by atoms with Crippen LogP contribution in [0.2, 0.25) is 0 Å². The summed E-state index contributed by atoms with van der Waals surface area (Å²) in [5.74, 6) is 0.